The molecule has 0 bridgehead atoms. The van der Waals surface area contributed by atoms with Crippen LogP contribution in [0, 0.1) is 0 Å². The molecule has 154 valence electrons. The summed E-state index contributed by atoms with van der Waals surface area (Å²) in [4.78, 5) is 22.6. The van der Waals surface area contributed by atoms with E-state index in [1.165, 1.54) is 0 Å². The SMILES string of the molecule is CC(C)(C)OC(=O)NCCOCCOCCOC(=O)NCCOCCO. The van der Waals surface area contributed by atoms with E-state index in [-0.39, 0.29) is 26.4 Å². The minimum Gasteiger partial charge on any atom is -0.447 e. The fraction of sp³-hybridized carbons (Fsp3) is 0.875. The molecule has 0 saturated carbocycles. The highest BCUT2D eigenvalue weighted by Crippen LogP contribution is 2.05. The Bertz CT molecular complexity index is 374. The first-order chi connectivity index (χ1) is 12.3. The second kappa shape index (κ2) is 15.6. The predicted molar refractivity (Wildman–Crippen MR) is 93.1 cm³/mol. The van der Waals surface area contributed by atoms with Crippen LogP contribution in [0.2, 0.25) is 0 Å². The topological polar surface area (TPSA) is 125 Å². The number of ether oxygens (including phenoxy) is 5. The Morgan fingerprint density at radius 3 is 1.85 bits per heavy atom. The van der Waals surface area contributed by atoms with Crippen LogP contribution < -0.4 is 10.6 Å². The molecule has 0 atom stereocenters. The zero-order valence-corrected chi connectivity index (χ0v) is 15.9. The first kappa shape index (κ1) is 24.4. The molecule has 0 aromatic rings. The van der Waals surface area contributed by atoms with Gasteiger partial charge in [0, 0.05) is 13.1 Å². The van der Waals surface area contributed by atoms with Gasteiger partial charge in [-0.15, -0.1) is 0 Å². The second-order valence-electron chi connectivity index (χ2n) is 6.05. The summed E-state index contributed by atoms with van der Waals surface area (Å²) >= 11 is 0. The molecule has 0 aliphatic heterocycles. The number of nitrogens with one attached hydrogen (secondary N) is 2. The number of carbonyl (C=O) groups excluding carboxylic acids is 2. The van der Waals surface area contributed by atoms with Crippen molar-refractivity contribution in [2.75, 3.05) is 65.9 Å². The monoisotopic (exact) mass is 380 g/mol. The summed E-state index contributed by atoms with van der Waals surface area (Å²) in [5.41, 5.74) is -0.522. The van der Waals surface area contributed by atoms with E-state index < -0.39 is 17.8 Å². The highest BCUT2D eigenvalue weighted by molar-refractivity contribution is 5.67. The predicted octanol–water partition coefficient (Wildman–Crippen LogP) is 0.279. The summed E-state index contributed by atoms with van der Waals surface area (Å²) in [5.74, 6) is 0. The van der Waals surface area contributed by atoms with Crippen LogP contribution in [0.1, 0.15) is 20.8 Å². The smallest absolute Gasteiger partial charge is 0.407 e. The zero-order valence-electron chi connectivity index (χ0n) is 15.9. The number of rotatable bonds is 14. The Morgan fingerprint density at radius 2 is 1.27 bits per heavy atom. The summed E-state index contributed by atoms with van der Waals surface area (Å²) < 4.78 is 25.5. The van der Waals surface area contributed by atoms with Gasteiger partial charge in [-0.05, 0) is 20.8 Å². The van der Waals surface area contributed by atoms with Crippen LogP contribution in [0.4, 0.5) is 9.59 Å². The Kier molecular flexibility index (Phi) is 14.6. The quantitative estimate of drug-likeness (QED) is 0.367. The number of hydrogen-bond donors (Lipinski definition) is 3. The van der Waals surface area contributed by atoms with Crippen LogP contribution >= 0.6 is 0 Å². The minimum absolute atomic E-state index is 0.0498. The molecule has 0 radical (unpaired) electrons. The molecule has 0 saturated heterocycles. The van der Waals surface area contributed by atoms with Crippen molar-refractivity contribution in [3.63, 3.8) is 0 Å². The molecule has 0 aliphatic rings. The van der Waals surface area contributed by atoms with Crippen molar-refractivity contribution in [3.05, 3.63) is 0 Å². The number of carbonyl (C=O) groups is 2. The van der Waals surface area contributed by atoms with Crippen LogP contribution in [0.25, 0.3) is 0 Å². The second-order valence-corrected chi connectivity index (χ2v) is 6.05. The summed E-state index contributed by atoms with van der Waals surface area (Å²) in [6.07, 6.45) is -1.03. The third kappa shape index (κ3) is 18.7. The van der Waals surface area contributed by atoms with Gasteiger partial charge in [-0.1, -0.05) is 0 Å². The van der Waals surface area contributed by atoms with Crippen LogP contribution in [0.5, 0.6) is 0 Å². The fourth-order valence-corrected chi connectivity index (χ4v) is 1.50. The maximum atomic E-state index is 11.4. The van der Waals surface area contributed by atoms with Gasteiger partial charge >= 0.3 is 12.2 Å². The molecule has 3 N–H and O–H groups in total. The van der Waals surface area contributed by atoms with Gasteiger partial charge < -0.3 is 39.4 Å². The molecule has 10 heteroatoms. The molecule has 0 spiro atoms. The lowest BCUT2D eigenvalue weighted by Gasteiger charge is -2.19. The molecule has 0 unspecified atom stereocenters. The average Bonchev–Trinajstić information content (AvgIpc) is 2.54. The molecule has 2 amide bonds. The van der Waals surface area contributed by atoms with Crippen molar-refractivity contribution in [3.8, 4) is 0 Å². The van der Waals surface area contributed by atoms with E-state index in [0.29, 0.717) is 39.5 Å². The van der Waals surface area contributed by atoms with Gasteiger partial charge in [-0.25, -0.2) is 9.59 Å². The highest BCUT2D eigenvalue weighted by atomic mass is 16.6. The van der Waals surface area contributed by atoms with Crippen molar-refractivity contribution >= 4 is 12.2 Å². The maximum absolute atomic E-state index is 11.4. The number of aliphatic hydroxyl groups excluding tert-OH is 1. The lowest BCUT2D eigenvalue weighted by Crippen LogP contribution is -2.34. The minimum atomic E-state index is -0.550. The van der Waals surface area contributed by atoms with Gasteiger partial charge in [0.25, 0.3) is 0 Å². The number of hydrogen-bond acceptors (Lipinski definition) is 8. The van der Waals surface area contributed by atoms with E-state index in [1.807, 2.05) is 0 Å². The Labute approximate surface area is 154 Å². The molecule has 0 rings (SSSR count). The van der Waals surface area contributed by atoms with E-state index in [0.717, 1.165) is 0 Å². The van der Waals surface area contributed by atoms with Crippen molar-refractivity contribution in [1.82, 2.24) is 10.6 Å². The van der Waals surface area contributed by atoms with Gasteiger partial charge in [0.1, 0.15) is 12.2 Å². The molecule has 0 aromatic heterocycles. The normalized spacial score (nSPS) is 11.1. The molecule has 0 aliphatic carbocycles. The van der Waals surface area contributed by atoms with Gasteiger partial charge in [0.15, 0.2) is 0 Å². The fourth-order valence-electron chi connectivity index (χ4n) is 1.50. The maximum Gasteiger partial charge on any atom is 0.407 e. The Morgan fingerprint density at radius 1 is 0.769 bits per heavy atom. The van der Waals surface area contributed by atoms with E-state index in [2.05, 4.69) is 10.6 Å². The van der Waals surface area contributed by atoms with Crippen LogP contribution in [-0.2, 0) is 23.7 Å². The lowest BCUT2D eigenvalue weighted by molar-refractivity contribution is 0.0257. The Balaban J connectivity index is 3.28. The van der Waals surface area contributed by atoms with Crippen molar-refractivity contribution < 1.29 is 38.4 Å². The van der Waals surface area contributed by atoms with Crippen molar-refractivity contribution in [2.45, 2.75) is 26.4 Å². The van der Waals surface area contributed by atoms with Gasteiger partial charge in [-0.2, -0.15) is 0 Å². The van der Waals surface area contributed by atoms with Crippen molar-refractivity contribution in [1.29, 1.82) is 0 Å². The summed E-state index contributed by atoms with van der Waals surface area (Å²) in [5, 5.41) is 13.6. The first-order valence-electron chi connectivity index (χ1n) is 8.56. The number of alkyl carbamates (subject to hydrolysis) is 2. The largest absolute Gasteiger partial charge is 0.447 e. The van der Waals surface area contributed by atoms with Crippen LogP contribution in [0.3, 0.4) is 0 Å². The molecule has 26 heavy (non-hydrogen) atoms. The van der Waals surface area contributed by atoms with E-state index in [9.17, 15) is 9.59 Å². The molecular weight excluding hydrogens is 348 g/mol. The van der Waals surface area contributed by atoms with Gasteiger partial charge in [-0.3, -0.25) is 0 Å². The molecule has 10 nitrogen and oxygen atoms in total. The standard InChI is InChI=1S/C16H32N2O8/c1-16(2,3)26-15(21)18-5-8-23-10-11-24-12-13-25-14(20)17-4-7-22-9-6-19/h19H,4-13H2,1-3H3,(H,17,20)(H,18,21). The van der Waals surface area contributed by atoms with Gasteiger partial charge in [0.2, 0.25) is 0 Å². The molecule has 0 heterocycles. The third-order valence-corrected chi connectivity index (χ3v) is 2.50. The molecule has 0 aromatic carbocycles. The lowest BCUT2D eigenvalue weighted by atomic mass is 10.2. The van der Waals surface area contributed by atoms with E-state index in [1.54, 1.807) is 20.8 Å². The summed E-state index contributed by atoms with van der Waals surface area (Å²) in [6.45, 7) is 7.99. The zero-order chi connectivity index (χ0) is 19.7. The molecule has 0 fully saturated rings. The van der Waals surface area contributed by atoms with Crippen molar-refractivity contribution in [2.24, 2.45) is 0 Å². The number of amides is 2. The number of aliphatic hydroxyl groups is 1. The average molecular weight is 380 g/mol. The Hall–Kier alpha value is -1.62. The van der Waals surface area contributed by atoms with E-state index in [4.69, 9.17) is 28.8 Å². The molecular formula is C16H32N2O8. The first-order valence-corrected chi connectivity index (χ1v) is 8.56. The van der Waals surface area contributed by atoms with Crippen LogP contribution in [-0.4, -0.2) is 88.8 Å². The van der Waals surface area contributed by atoms with Crippen LogP contribution in [0.15, 0.2) is 0 Å². The summed E-state index contributed by atoms with van der Waals surface area (Å²) in [7, 11) is 0. The summed E-state index contributed by atoms with van der Waals surface area (Å²) in [6, 6.07) is 0. The third-order valence-electron chi connectivity index (χ3n) is 2.50. The highest BCUT2D eigenvalue weighted by Gasteiger charge is 2.15. The van der Waals surface area contributed by atoms with E-state index >= 15 is 0 Å². The van der Waals surface area contributed by atoms with Gasteiger partial charge in [0.05, 0.1) is 46.2 Å².